The highest BCUT2D eigenvalue weighted by Gasteiger charge is 2.32. The smallest absolute Gasteiger partial charge is 0.412 e. The highest BCUT2D eigenvalue weighted by Crippen LogP contribution is 2.45. The van der Waals surface area contributed by atoms with Crippen LogP contribution in [0.5, 0.6) is 11.5 Å². The number of anilines is 1. The molecule has 5 rings (SSSR count). The summed E-state index contributed by atoms with van der Waals surface area (Å²) in [6.07, 6.45) is 6.23. The minimum Gasteiger partial charge on any atom is -0.465 e. The third-order valence-corrected chi connectivity index (χ3v) is 6.57. The summed E-state index contributed by atoms with van der Waals surface area (Å²) in [5.74, 6) is 0.537. The number of benzene rings is 2. The molecule has 1 amide bonds. The van der Waals surface area contributed by atoms with Crippen LogP contribution in [-0.2, 0) is 6.42 Å². The van der Waals surface area contributed by atoms with Gasteiger partial charge in [0.2, 0.25) is 0 Å². The van der Waals surface area contributed by atoms with Gasteiger partial charge in [0.25, 0.3) is 0 Å². The van der Waals surface area contributed by atoms with Crippen molar-refractivity contribution in [3.8, 4) is 22.6 Å². The number of hydrogen-bond acceptors (Lipinski definition) is 4. The van der Waals surface area contributed by atoms with E-state index in [1.54, 1.807) is 12.1 Å². The van der Waals surface area contributed by atoms with Gasteiger partial charge in [0.1, 0.15) is 17.3 Å². The largest absolute Gasteiger partial charge is 0.465 e. The van der Waals surface area contributed by atoms with Gasteiger partial charge < -0.3 is 15.2 Å². The molecule has 0 spiro atoms. The first kappa shape index (κ1) is 21.5. The van der Waals surface area contributed by atoms with Gasteiger partial charge in [-0.3, -0.25) is 9.58 Å². The number of halogens is 1. The number of carboxylic acid groups (broad SMARTS) is 1. The van der Waals surface area contributed by atoms with E-state index in [1.165, 1.54) is 17.0 Å². The molecule has 1 aromatic heterocycles. The molecule has 0 bridgehead atoms. The van der Waals surface area contributed by atoms with Crippen LogP contribution in [-0.4, -0.2) is 40.1 Å². The second kappa shape index (κ2) is 8.86. The molecule has 1 fully saturated rings. The number of rotatable bonds is 4. The average molecular weight is 451 g/mol. The second-order valence-corrected chi connectivity index (χ2v) is 8.73. The van der Waals surface area contributed by atoms with Gasteiger partial charge >= 0.3 is 6.09 Å². The van der Waals surface area contributed by atoms with Gasteiger partial charge in [-0.25, -0.2) is 9.18 Å². The monoisotopic (exact) mass is 450 g/mol. The molecule has 2 N–H and O–H groups in total. The summed E-state index contributed by atoms with van der Waals surface area (Å²) < 4.78 is 22.1. The molecule has 1 unspecified atom stereocenters. The van der Waals surface area contributed by atoms with Gasteiger partial charge in [-0.05, 0) is 70.0 Å². The molecule has 172 valence electrons. The Morgan fingerprint density at radius 3 is 2.79 bits per heavy atom. The van der Waals surface area contributed by atoms with E-state index in [9.17, 15) is 14.3 Å². The summed E-state index contributed by atoms with van der Waals surface area (Å²) in [5.41, 5.74) is 3.13. The number of nitrogens with zero attached hydrogens (tertiary/aromatic N) is 3. The maximum absolute atomic E-state index is 13.9. The summed E-state index contributed by atoms with van der Waals surface area (Å²) in [5, 5.41) is 17.8. The topological polar surface area (TPSA) is 79.6 Å². The van der Waals surface area contributed by atoms with E-state index >= 15 is 0 Å². The van der Waals surface area contributed by atoms with Crippen molar-refractivity contribution >= 4 is 11.8 Å². The van der Waals surface area contributed by atoms with Gasteiger partial charge in [0.05, 0.1) is 17.9 Å². The molecule has 3 heterocycles. The zero-order chi connectivity index (χ0) is 22.9. The first-order valence-electron chi connectivity index (χ1n) is 11.4. The van der Waals surface area contributed by atoms with Crippen LogP contribution in [0.15, 0.2) is 48.8 Å². The van der Waals surface area contributed by atoms with Crippen molar-refractivity contribution in [2.45, 2.75) is 44.7 Å². The van der Waals surface area contributed by atoms with Crippen molar-refractivity contribution in [3.63, 3.8) is 0 Å². The Morgan fingerprint density at radius 1 is 1.21 bits per heavy atom. The number of piperidine rings is 1. The lowest BCUT2D eigenvalue weighted by Crippen LogP contribution is -2.41. The SMILES string of the molecule is CC1CCc2c(ccc(-c3cnn(C4CCNCC4)c3)c2Oc2cccc(F)c2)N1C(=O)O. The third kappa shape index (κ3) is 4.18. The molecular formula is C25H27FN4O3. The van der Waals surface area contributed by atoms with E-state index in [0.717, 1.165) is 42.6 Å². The van der Waals surface area contributed by atoms with Crippen molar-refractivity contribution in [3.05, 3.63) is 60.2 Å². The van der Waals surface area contributed by atoms with Crippen LogP contribution in [0.3, 0.4) is 0 Å². The Balaban J connectivity index is 1.60. The Labute approximate surface area is 191 Å². The lowest BCUT2D eigenvalue weighted by Gasteiger charge is -2.34. The normalized spacial score (nSPS) is 18.7. The number of amides is 1. The van der Waals surface area contributed by atoms with Crippen molar-refractivity contribution < 1.29 is 19.0 Å². The van der Waals surface area contributed by atoms with E-state index < -0.39 is 11.9 Å². The zero-order valence-corrected chi connectivity index (χ0v) is 18.5. The minimum absolute atomic E-state index is 0.134. The summed E-state index contributed by atoms with van der Waals surface area (Å²) >= 11 is 0. The van der Waals surface area contributed by atoms with E-state index in [-0.39, 0.29) is 6.04 Å². The van der Waals surface area contributed by atoms with Crippen molar-refractivity contribution in [1.29, 1.82) is 0 Å². The predicted molar refractivity (Wildman–Crippen MR) is 124 cm³/mol. The third-order valence-electron chi connectivity index (χ3n) is 6.57. The number of hydrogen-bond donors (Lipinski definition) is 2. The summed E-state index contributed by atoms with van der Waals surface area (Å²) in [6, 6.07) is 9.93. The van der Waals surface area contributed by atoms with Crippen molar-refractivity contribution in [2.75, 3.05) is 18.0 Å². The summed E-state index contributed by atoms with van der Waals surface area (Å²) in [4.78, 5) is 13.4. The minimum atomic E-state index is -0.994. The second-order valence-electron chi connectivity index (χ2n) is 8.73. The molecular weight excluding hydrogens is 423 g/mol. The highest BCUT2D eigenvalue weighted by atomic mass is 19.1. The molecule has 7 nitrogen and oxygen atoms in total. The van der Waals surface area contributed by atoms with Crippen LogP contribution in [0.25, 0.3) is 11.1 Å². The van der Waals surface area contributed by atoms with Crippen LogP contribution in [0.1, 0.15) is 37.8 Å². The summed E-state index contributed by atoms with van der Waals surface area (Å²) in [7, 11) is 0. The fraction of sp³-hybridized carbons (Fsp3) is 0.360. The molecule has 2 aliphatic heterocycles. The van der Waals surface area contributed by atoms with Crippen molar-refractivity contribution in [1.82, 2.24) is 15.1 Å². The van der Waals surface area contributed by atoms with E-state index in [2.05, 4.69) is 10.4 Å². The fourth-order valence-electron chi connectivity index (χ4n) is 4.84. The molecule has 2 aliphatic rings. The quantitative estimate of drug-likeness (QED) is 0.569. The van der Waals surface area contributed by atoms with Gasteiger partial charge in [0, 0.05) is 35.0 Å². The first-order chi connectivity index (χ1) is 16.0. The molecule has 8 heteroatoms. The van der Waals surface area contributed by atoms with Gasteiger partial charge in [0.15, 0.2) is 0 Å². The first-order valence-corrected chi connectivity index (χ1v) is 11.4. The number of carbonyl (C=O) groups is 1. The van der Waals surface area contributed by atoms with Gasteiger partial charge in [-0.15, -0.1) is 0 Å². The molecule has 0 radical (unpaired) electrons. The Hall–Kier alpha value is -3.39. The highest BCUT2D eigenvalue weighted by molar-refractivity contribution is 5.91. The molecule has 33 heavy (non-hydrogen) atoms. The lowest BCUT2D eigenvalue weighted by atomic mass is 9.92. The Kier molecular flexibility index (Phi) is 5.76. The van der Waals surface area contributed by atoms with Crippen LogP contribution < -0.4 is 15.0 Å². The van der Waals surface area contributed by atoms with E-state index in [1.807, 2.05) is 36.1 Å². The van der Waals surface area contributed by atoms with Crippen LogP contribution >= 0.6 is 0 Å². The molecule has 0 saturated carbocycles. The number of ether oxygens (including phenoxy) is 1. The van der Waals surface area contributed by atoms with Crippen LogP contribution in [0.4, 0.5) is 14.9 Å². The molecule has 3 aromatic rings. The number of aromatic nitrogens is 2. The van der Waals surface area contributed by atoms with E-state index in [4.69, 9.17) is 4.74 Å². The van der Waals surface area contributed by atoms with Crippen LogP contribution in [0.2, 0.25) is 0 Å². The molecule has 1 saturated heterocycles. The van der Waals surface area contributed by atoms with Gasteiger partial charge in [-0.2, -0.15) is 5.10 Å². The van der Waals surface area contributed by atoms with E-state index in [0.29, 0.717) is 36.1 Å². The fourth-order valence-corrected chi connectivity index (χ4v) is 4.84. The average Bonchev–Trinajstić information content (AvgIpc) is 3.29. The maximum atomic E-state index is 13.9. The maximum Gasteiger partial charge on any atom is 0.412 e. The Bertz CT molecular complexity index is 1170. The number of fused-ring (bicyclic) bond motifs is 1. The lowest BCUT2D eigenvalue weighted by molar-refractivity contribution is 0.198. The zero-order valence-electron chi connectivity index (χ0n) is 18.5. The van der Waals surface area contributed by atoms with Crippen molar-refractivity contribution in [2.24, 2.45) is 0 Å². The molecule has 0 aliphatic carbocycles. The van der Waals surface area contributed by atoms with Crippen LogP contribution in [0, 0.1) is 5.82 Å². The standard InChI is InChI=1S/C25H27FN4O3/c1-16-5-6-22-23(30(16)25(31)32)8-7-21(24(22)33-20-4-2-3-18(26)13-20)17-14-28-29(15-17)19-9-11-27-12-10-19/h2-4,7-8,13-16,19,27H,5-6,9-12H2,1H3,(H,31,32). The van der Waals surface area contributed by atoms with Gasteiger partial charge in [-0.1, -0.05) is 6.07 Å². The predicted octanol–water partition coefficient (Wildman–Crippen LogP) is 5.23. The number of nitrogens with one attached hydrogen (secondary N) is 1. The summed E-state index contributed by atoms with van der Waals surface area (Å²) in [6.45, 7) is 3.84. The molecule has 2 aromatic carbocycles. The molecule has 1 atom stereocenters. The Morgan fingerprint density at radius 2 is 2.03 bits per heavy atom.